The molecule has 0 spiro atoms. The summed E-state index contributed by atoms with van der Waals surface area (Å²) in [7, 11) is 0. The molecule has 0 bridgehead atoms. The van der Waals surface area contributed by atoms with E-state index >= 15 is 0 Å². The van der Waals surface area contributed by atoms with Crippen LogP contribution >= 0.6 is 0 Å². The minimum Gasteiger partial charge on any atom is -0.390 e. The van der Waals surface area contributed by atoms with Crippen LogP contribution < -0.4 is 5.73 Å². The number of halogens is 2. The molecule has 3 N–H and O–H groups in total. The molecule has 0 amide bonds. The maximum absolute atomic E-state index is 13.2. The number of aliphatic hydroxyl groups is 1. The van der Waals surface area contributed by atoms with E-state index in [9.17, 15) is 8.78 Å². The van der Waals surface area contributed by atoms with E-state index in [0.29, 0.717) is 29.9 Å². The van der Waals surface area contributed by atoms with Crippen LogP contribution in [-0.4, -0.2) is 25.6 Å². The number of nitrogens with zero attached hydrogens (tertiary/aromatic N) is 3. The first-order chi connectivity index (χ1) is 9.98. The van der Waals surface area contributed by atoms with Crippen molar-refractivity contribution < 1.29 is 13.9 Å². The monoisotopic (exact) mass is 296 g/mol. The van der Waals surface area contributed by atoms with Gasteiger partial charge in [0.2, 0.25) is 5.92 Å². The zero-order chi connectivity index (χ0) is 15.0. The zero-order valence-corrected chi connectivity index (χ0v) is 11.5. The molecule has 1 aliphatic carbocycles. The van der Waals surface area contributed by atoms with Gasteiger partial charge < -0.3 is 10.8 Å². The maximum atomic E-state index is 13.2. The molecule has 0 radical (unpaired) electrons. The second kappa shape index (κ2) is 5.31. The summed E-state index contributed by atoms with van der Waals surface area (Å²) in [6.07, 6.45) is 2.33. The normalized spacial score (nSPS) is 20.8. The maximum Gasteiger partial charge on any atom is 0.248 e. The smallest absolute Gasteiger partial charge is 0.248 e. The number of hydrogen-bond acceptors (Lipinski definition) is 4. The van der Waals surface area contributed by atoms with E-state index in [4.69, 9.17) is 10.8 Å². The Bertz CT molecular complexity index is 633. The average Bonchev–Trinajstić information content (AvgIpc) is 2.89. The topological polar surface area (TPSA) is 76.4 Å². The van der Waals surface area contributed by atoms with Crippen LogP contribution in [0.1, 0.15) is 43.1 Å². The summed E-state index contributed by atoms with van der Waals surface area (Å²) in [5.74, 6) is -2.53. The predicted octanol–water partition coefficient (Wildman–Crippen LogP) is 2.05. The minimum atomic E-state index is -2.55. The first-order valence-corrected chi connectivity index (χ1v) is 7.08. The Labute approximate surface area is 120 Å². The number of rotatable bonds is 3. The van der Waals surface area contributed by atoms with E-state index in [-0.39, 0.29) is 31.4 Å². The van der Waals surface area contributed by atoms with Gasteiger partial charge in [-0.05, 0) is 30.9 Å². The Morgan fingerprint density at radius 2 is 2.10 bits per heavy atom. The largest absolute Gasteiger partial charge is 0.390 e. The predicted molar refractivity (Wildman–Crippen MR) is 72.7 cm³/mol. The number of nitrogens with two attached hydrogens (primary N) is 1. The summed E-state index contributed by atoms with van der Waals surface area (Å²) >= 11 is 0. The molecule has 1 atom stereocenters. The highest BCUT2D eigenvalue weighted by Gasteiger charge is 2.37. The van der Waals surface area contributed by atoms with Crippen LogP contribution in [0.5, 0.6) is 0 Å². The molecule has 21 heavy (non-hydrogen) atoms. The minimum absolute atomic E-state index is 0.0202. The molecule has 2 aromatic heterocycles. The van der Waals surface area contributed by atoms with Crippen LogP contribution in [0.2, 0.25) is 0 Å². The Balaban J connectivity index is 1.80. The molecular formula is C14H18F2N4O. The molecule has 0 saturated heterocycles. The molecular weight excluding hydrogens is 278 g/mol. The van der Waals surface area contributed by atoms with Gasteiger partial charge in [0.15, 0.2) is 5.65 Å². The van der Waals surface area contributed by atoms with Crippen LogP contribution in [0.3, 0.4) is 0 Å². The van der Waals surface area contributed by atoms with E-state index in [0.717, 1.165) is 0 Å². The van der Waals surface area contributed by atoms with Crippen molar-refractivity contribution in [3.05, 3.63) is 29.7 Å². The van der Waals surface area contributed by atoms with E-state index < -0.39 is 5.92 Å². The molecule has 0 aromatic carbocycles. The third-order valence-electron chi connectivity index (χ3n) is 4.17. The van der Waals surface area contributed by atoms with Gasteiger partial charge in [-0.1, -0.05) is 0 Å². The molecule has 114 valence electrons. The Hall–Kier alpha value is -1.60. The molecule has 1 fully saturated rings. The highest BCUT2D eigenvalue weighted by molar-refractivity contribution is 5.39. The molecule has 3 rings (SSSR count). The fourth-order valence-electron chi connectivity index (χ4n) is 2.85. The Kier molecular flexibility index (Phi) is 3.62. The number of aromatic nitrogens is 3. The summed E-state index contributed by atoms with van der Waals surface area (Å²) in [5.41, 5.74) is 8.03. The average molecular weight is 296 g/mol. The van der Waals surface area contributed by atoms with Gasteiger partial charge >= 0.3 is 0 Å². The van der Waals surface area contributed by atoms with Crippen molar-refractivity contribution >= 4 is 5.65 Å². The van der Waals surface area contributed by atoms with E-state index in [1.165, 1.54) is 0 Å². The van der Waals surface area contributed by atoms with Gasteiger partial charge in [0.1, 0.15) is 0 Å². The van der Waals surface area contributed by atoms with Gasteiger partial charge in [-0.2, -0.15) is 5.10 Å². The van der Waals surface area contributed by atoms with Crippen molar-refractivity contribution in [1.29, 1.82) is 0 Å². The second-order valence-electron chi connectivity index (χ2n) is 5.67. The van der Waals surface area contributed by atoms with Crippen molar-refractivity contribution in [3.8, 4) is 0 Å². The molecule has 2 heterocycles. The summed E-state index contributed by atoms with van der Waals surface area (Å²) in [6.45, 7) is -0.146. The van der Waals surface area contributed by atoms with Gasteiger partial charge in [0, 0.05) is 12.8 Å². The molecule has 7 heteroatoms. The SMILES string of the molecule is N[C@H](c1cn2nc(CO)ccc2n1)C1CCC(F)(F)CC1. The van der Waals surface area contributed by atoms with Crippen molar-refractivity contribution in [3.63, 3.8) is 0 Å². The van der Waals surface area contributed by atoms with E-state index in [1.807, 2.05) is 0 Å². The number of hydrogen-bond donors (Lipinski definition) is 2. The summed E-state index contributed by atoms with van der Waals surface area (Å²) in [4.78, 5) is 4.41. The quantitative estimate of drug-likeness (QED) is 0.909. The van der Waals surface area contributed by atoms with Crippen LogP contribution in [-0.2, 0) is 6.61 Å². The first kappa shape index (κ1) is 14.3. The number of imidazole rings is 1. The molecule has 1 saturated carbocycles. The van der Waals surface area contributed by atoms with Gasteiger partial charge in [-0.15, -0.1) is 0 Å². The lowest BCUT2D eigenvalue weighted by atomic mass is 9.81. The Morgan fingerprint density at radius 3 is 2.76 bits per heavy atom. The number of alkyl halides is 2. The molecule has 0 aliphatic heterocycles. The van der Waals surface area contributed by atoms with Crippen LogP contribution in [0.4, 0.5) is 8.78 Å². The van der Waals surface area contributed by atoms with Crippen molar-refractivity contribution in [2.75, 3.05) is 0 Å². The summed E-state index contributed by atoms with van der Waals surface area (Å²) in [6, 6.07) is 3.09. The number of aliphatic hydroxyl groups excluding tert-OH is 1. The highest BCUT2D eigenvalue weighted by atomic mass is 19.3. The van der Waals surface area contributed by atoms with Crippen LogP contribution in [0.15, 0.2) is 18.3 Å². The standard InChI is InChI=1S/C14H18F2N4O/c15-14(16)5-3-9(4-6-14)13(17)11-7-20-12(18-11)2-1-10(8-21)19-20/h1-2,7,9,13,21H,3-6,8,17H2/t13-/m0/s1. The van der Waals surface area contributed by atoms with Crippen molar-refractivity contribution in [2.45, 2.75) is 44.3 Å². The third-order valence-corrected chi connectivity index (χ3v) is 4.17. The molecule has 2 aromatic rings. The van der Waals surface area contributed by atoms with Gasteiger partial charge in [-0.25, -0.2) is 18.3 Å². The lowest BCUT2D eigenvalue weighted by Crippen LogP contribution is -2.31. The molecule has 1 aliphatic rings. The summed E-state index contributed by atoms with van der Waals surface area (Å²) in [5, 5.41) is 13.3. The molecule has 5 nitrogen and oxygen atoms in total. The zero-order valence-electron chi connectivity index (χ0n) is 11.5. The van der Waals surface area contributed by atoms with Crippen molar-refractivity contribution in [1.82, 2.24) is 14.6 Å². The fourth-order valence-corrected chi connectivity index (χ4v) is 2.85. The lowest BCUT2D eigenvalue weighted by Gasteiger charge is -2.31. The molecule has 0 unspecified atom stereocenters. The summed E-state index contributed by atoms with van der Waals surface area (Å²) < 4.78 is 28.0. The van der Waals surface area contributed by atoms with Gasteiger partial charge in [0.05, 0.1) is 30.2 Å². The van der Waals surface area contributed by atoms with Crippen LogP contribution in [0, 0.1) is 5.92 Å². The second-order valence-corrected chi connectivity index (χ2v) is 5.67. The van der Waals surface area contributed by atoms with Gasteiger partial charge in [0.25, 0.3) is 0 Å². The fraction of sp³-hybridized carbons (Fsp3) is 0.571. The van der Waals surface area contributed by atoms with Gasteiger partial charge in [-0.3, -0.25) is 0 Å². The van der Waals surface area contributed by atoms with Crippen molar-refractivity contribution in [2.24, 2.45) is 11.7 Å². The third kappa shape index (κ3) is 2.89. The van der Waals surface area contributed by atoms with E-state index in [2.05, 4.69) is 10.1 Å². The Morgan fingerprint density at radius 1 is 1.38 bits per heavy atom. The van der Waals surface area contributed by atoms with E-state index in [1.54, 1.807) is 22.8 Å². The number of fused-ring (bicyclic) bond motifs is 1. The highest BCUT2D eigenvalue weighted by Crippen LogP contribution is 2.40. The van der Waals surface area contributed by atoms with Crippen LogP contribution in [0.25, 0.3) is 5.65 Å². The first-order valence-electron chi connectivity index (χ1n) is 7.08. The lowest BCUT2D eigenvalue weighted by molar-refractivity contribution is -0.0484.